The highest BCUT2D eigenvalue weighted by Gasteiger charge is 2.33. The molecule has 1 aromatic carbocycles. The van der Waals surface area contributed by atoms with Gasteiger partial charge in [-0.2, -0.15) is 4.31 Å². The average Bonchev–Trinajstić information content (AvgIpc) is 2.72. The Hall–Kier alpha value is -1.73. The van der Waals surface area contributed by atoms with Gasteiger partial charge in [0, 0.05) is 32.7 Å². The Morgan fingerprint density at radius 3 is 2.20 bits per heavy atom. The van der Waals surface area contributed by atoms with Gasteiger partial charge in [-0.3, -0.25) is 9.69 Å². The lowest BCUT2D eigenvalue weighted by molar-refractivity contribution is -0.147. The zero-order valence-corrected chi connectivity index (χ0v) is 19.0. The van der Waals surface area contributed by atoms with Crippen LogP contribution in [-0.2, 0) is 29.6 Å². The molecular formula is C18H29N3O7S2. The van der Waals surface area contributed by atoms with E-state index in [-0.39, 0.29) is 37.6 Å². The molecule has 0 spiro atoms. The Morgan fingerprint density at radius 2 is 1.70 bits per heavy atom. The lowest BCUT2D eigenvalue weighted by atomic mass is 10.2. The van der Waals surface area contributed by atoms with Crippen molar-refractivity contribution in [2.45, 2.75) is 24.3 Å². The molecule has 0 amide bonds. The van der Waals surface area contributed by atoms with Gasteiger partial charge < -0.3 is 9.47 Å². The second-order valence-corrected chi connectivity index (χ2v) is 10.7. The van der Waals surface area contributed by atoms with Crippen LogP contribution in [-0.4, -0.2) is 90.7 Å². The highest BCUT2D eigenvalue weighted by Crippen LogP contribution is 2.17. The van der Waals surface area contributed by atoms with Crippen molar-refractivity contribution in [1.82, 2.24) is 13.9 Å². The van der Waals surface area contributed by atoms with Crippen molar-refractivity contribution in [2.75, 3.05) is 52.7 Å². The van der Waals surface area contributed by atoms with E-state index in [1.165, 1.54) is 23.5 Å². The number of rotatable bonds is 10. The summed E-state index contributed by atoms with van der Waals surface area (Å²) in [5.41, 5.74) is 0. The molecule has 1 aliphatic heterocycles. The van der Waals surface area contributed by atoms with Crippen molar-refractivity contribution >= 4 is 26.0 Å². The molecule has 0 saturated carbocycles. The number of methoxy groups -OCH3 is 1. The number of carbonyl (C=O) groups is 1. The van der Waals surface area contributed by atoms with E-state index in [1.54, 1.807) is 17.0 Å². The van der Waals surface area contributed by atoms with Crippen LogP contribution in [0.3, 0.4) is 0 Å². The summed E-state index contributed by atoms with van der Waals surface area (Å²) in [5.74, 6) is -0.0131. The molecule has 1 aliphatic rings. The van der Waals surface area contributed by atoms with Gasteiger partial charge >= 0.3 is 5.97 Å². The quantitative estimate of drug-likeness (QED) is 0.476. The van der Waals surface area contributed by atoms with Crippen LogP contribution < -0.4 is 9.46 Å². The first-order valence-electron chi connectivity index (χ1n) is 9.58. The van der Waals surface area contributed by atoms with E-state index >= 15 is 0 Å². The minimum absolute atomic E-state index is 0.0526. The largest absolute Gasteiger partial charge is 0.494 e. The molecule has 2 rings (SSSR count). The Morgan fingerprint density at radius 1 is 1.10 bits per heavy atom. The van der Waals surface area contributed by atoms with E-state index in [9.17, 15) is 21.6 Å². The van der Waals surface area contributed by atoms with Crippen LogP contribution in [0.2, 0.25) is 0 Å². The van der Waals surface area contributed by atoms with Crippen LogP contribution in [0.4, 0.5) is 0 Å². The van der Waals surface area contributed by atoms with Crippen LogP contribution in [0, 0.1) is 0 Å². The first-order valence-corrected chi connectivity index (χ1v) is 12.9. The van der Waals surface area contributed by atoms with Gasteiger partial charge in [-0.05, 0) is 30.7 Å². The van der Waals surface area contributed by atoms with E-state index in [0.29, 0.717) is 12.4 Å². The topological polar surface area (TPSA) is 122 Å². The Balaban J connectivity index is 2.04. The van der Waals surface area contributed by atoms with Gasteiger partial charge in [0.15, 0.2) is 0 Å². The van der Waals surface area contributed by atoms with Crippen molar-refractivity contribution in [3.63, 3.8) is 0 Å². The molecule has 1 aromatic rings. The summed E-state index contributed by atoms with van der Waals surface area (Å²) in [5, 5.41) is 0. The minimum Gasteiger partial charge on any atom is -0.494 e. The van der Waals surface area contributed by atoms with Crippen molar-refractivity contribution in [1.29, 1.82) is 0 Å². The van der Waals surface area contributed by atoms with Gasteiger partial charge in [0.1, 0.15) is 11.8 Å². The molecule has 0 bridgehead atoms. The van der Waals surface area contributed by atoms with Crippen LogP contribution in [0.1, 0.15) is 13.3 Å². The molecule has 0 aliphatic carbocycles. The Bertz CT molecular complexity index is 910. The van der Waals surface area contributed by atoms with Gasteiger partial charge in [-0.25, -0.2) is 21.6 Å². The fourth-order valence-corrected chi connectivity index (χ4v) is 4.92. The van der Waals surface area contributed by atoms with Gasteiger partial charge in [-0.15, -0.1) is 0 Å². The molecule has 1 atom stereocenters. The molecule has 30 heavy (non-hydrogen) atoms. The third-order valence-electron chi connectivity index (χ3n) is 4.73. The van der Waals surface area contributed by atoms with Crippen molar-refractivity contribution in [3.05, 3.63) is 24.3 Å². The van der Waals surface area contributed by atoms with E-state index in [4.69, 9.17) is 9.47 Å². The molecule has 10 nitrogen and oxygen atoms in total. The molecule has 0 radical (unpaired) electrons. The summed E-state index contributed by atoms with van der Waals surface area (Å²) in [6.07, 6.45) is 1.97. The summed E-state index contributed by atoms with van der Waals surface area (Å²) in [6.45, 7) is 3.34. The van der Waals surface area contributed by atoms with Crippen molar-refractivity contribution in [3.8, 4) is 5.75 Å². The summed E-state index contributed by atoms with van der Waals surface area (Å²) >= 11 is 0. The minimum atomic E-state index is -3.85. The molecule has 170 valence electrons. The third kappa shape index (κ3) is 6.64. The normalized spacial score (nSPS) is 17.4. The van der Waals surface area contributed by atoms with E-state index in [0.717, 1.165) is 12.7 Å². The van der Waals surface area contributed by atoms with Gasteiger partial charge in [0.25, 0.3) is 0 Å². The molecule has 1 saturated heterocycles. The first-order chi connectivity index (χ1) is 14.1. The van der Waals surface area contributed by atoms with Crippen LogP contribution in [0.5, 0.6) is 5.75 Å². The summed E-state index contributed by atoms with van der Waals surface area (Å²) in [4.78, 5) is 14.0. The number of nitrogens with one attached hydrogen (secondary N) is 1. The fourth-order valence-electron chi connectivity index (χ4n) is 3.05. The number of sulfonamides is 2. The molecule has 0 aromatic heterocycles. The molecule has 1 heterocycles. The highest BCUT2D eigenvalue weighted by atomic mass is 32.2. The number of benzene rings is 1. The monoisotopic (exact) mass is 463 g/mol. The lowest BCUT2D eigenvalue weighted by Gasteiger charge is -2.36. The SMILES string of the molecule is CCCOc1ccc(S(=O)(=O)NCC(C(=O)OC)N2CCN(S(C)(=O)=O)CC2)cc1. The van der Waals surface area contributed by atoms with Gasteiger partial charge in [-0.1, -0.05) is 6.92 Å². The van der Waals surface area contributed by atoms with Crippen LogP contribution in [0.15, 0.2) is 29.2 Å². The standard InChI is InChI=1S/C18H29N3O7S2/c1-4-13-28-15-5-7-16(8-6-15)30(25,26)19-14-17(18(22)27-2)20-9-11-21(12-10-20)29(3,23)24/h5-8,17,19H,4,9-14H2,1-3H3. The maximum absolute atomic E-state index is 12.6. The van der Waals surface area contributed by atoms with Crippen LogP contribution in [0.25, 0.3) is 0 Å². The molecule has 1 N–H and O–H groups in total. The highest BCUT2D eigenvalue weighted by molar-refractivity contribution is 7.89. The summed E-state index contributed by atoms with van der Waals surface area (Å²) in [7, 11) is -5.94. The number of nitrogens with zero attached hydrogens (tertiary/aromatic N) is 2. The van der Waals surface area contributed by atoms with E-state index in [1.807, 2.05) is 6.92 Å². The zero-order valence-electron chi connectivity index (χ0n) is 17.4. The number of piperazine rings is 1. The third-order valence-corrected chi connectivity index (χ3v) is 7.47. The van der Waals surface area contributed by atoms with Crippen molar-refractivity contribution < 1.29 is 31.1 Å². The summed E-state index contributed by atoms with van der Waals surface area (Å²) in [6, 6.07) is 5.16. The smallest absolute Gasteiger partial charge is 0.324 e. The number of hydrogen-bond donors (Lipinski definition) is 1. The van der Waals surface area contributed by atoms with Crippen molar-refractivity contribution in [2.24, 2.45) is 0 Å². The zero-order chi connectivity index (χ0) is 22.4. The van der Waals surface area contributed by atoms with Gasteiger partial charge in [0.2, 0.25) is 20.0 Å². The second-order valence-electron chi connectivity index (χ2n) is 6.91. The molecule has 1 fully saturated rings. The number of carbonyl (C=O) groups excluding carboxylic acids is 1. The Kier molecular flexibility index (Phi) is 8.62. The van der Waals surface area contributed by atoms with Crippen LogP contribution >= 0.6 is 0 Å². The predicted octanol–water partition coefficient (Wildman–Crippen LogP) is -0.127. The second kappa shape index (κ2) is 10.5. The first kappa shape index (κ1) is 24.5. The number of hydrogen-bond acceptors (Lipinski definition) is 8. The summed E-state index contributed by atoms with van der Waals surface area (Å²) < 4.78 is 62.6. The molecular weight excluding hydrogens is 434 g/mol. The van der Waals surface area contributed by atoms with E-state index in [2.05, 4.69) is 4.72 Å². The maximum atomic E-state index is 12.6. The average molecular weight is 464 g/mol. The molecule has 12 heteroatoms. The maximum Gasteiger partial charge on any atom is 0.324 e. The Labute approximate surface area is 178 Å². The number of esters is 1. The van der Waals surface area contributed by atoms with E-state index < -0.39 is 32.1 Å². The fraction of sp³-hybridized carbons (Fsp3) is 0.611. The van der Waals surface area contributed by atoms with Gasteiger partial charge in [0.05, 0.1) is 24.9 Å². The predicted molar refractivity (Wildman–Crippen MR) is 111 cm³/mol. The lowest BCUT2D eigenvalue weighted by Crippen LogP contribution is -2.56. The molecule has 1 unspecified atom stereocenters. The number of ether oxygens (including phenoxy) is 2.